The number of carbonyl (C=O) groups excluding carboxylic acids is 1. The molecule has 82 valence electrons. The Hall–Kier alpha value is -1.55. The fraction of sp³-hybridized carbons (Fsp3) is 0.364. The van der Waals surface area contributed by atoms with E-state index < -0.39 is 0 Å². The average Bonchev–Trinajstić information content (AvgIpc) is 2.27. The second kappa shape index (κ2) is 5.36. The Kier molecular flexibility index (Phi) is 4.12. The molecule has 0 aliphatic heterocycles. The van der Waals surface area contributed by atoms with Crippen molar-refractivity contribution in [1.82, 2.24) is 0 Å². The molecule has 0 heterocycles. The number of carbonyl (C=O) groups is 1. The first kappa shape index (κ1) is 11.5. The van der Waals surface area contributed by atoms with Crippen molar-refractivity contribution < 1.29 is 14.3 Å². The molecule has 0 bridgehead atoms. The van der Waals surface area contributed by atoms with E-state index in [2.05, 4.69) is 4.74 Å². The molecule has 1 rings (SSSR count). The van der Waals surface area contributed by atoms with Crippen LogP contribution >= 0.6 is 0 Å². The normalized spacial score (nSPS) is 9.80. The summed E-state index contributed by atoms with van der Waals surface area (Å²) in [7, 11) is 1.36. The van der Waals surface area contributed by atoms with Gasteiger partial charge in [-0.05, 0) is 19.1 Å². The molecule has 0 aliphatic rings. The lowest BCUT2D eigenvalue weighted by Gasteiger charge is -2.10. The minimum atomic E-state index is -0.356. The fourth-order valence-corrected chi connectivity index (χ4v) is 1.27. The summed E-state index contributed by atoms with van der Waals surface area (Å²) in [4.78, 5) is 11.4. The largest absolute Gasteiger partial charge is 0.492 e. The van der Waals surface area contributed by atoms with E-state index in [-0.39, 0.29) is 5.97 Å². The third kappa shape index (κ3) is 2.70. The molecule has 0 saturated heterocycles. The highest BCUT2D eigenvalue weighted by Gasteiger charge is 2.11. The second-order valence-electron chi connectivity index (χ2n) is 3.06. The van der Waals surface area contributed by atoms with E-state index in [1.165, 1.54) is 7.11 Å². The number of ether oxygens (including phenoxy) is 2. The first-order chi connectivity index (χ1) is 7.20. The molecule has 0 unspecified atom stereocenters. The minimum Gasteiger partial charge on any atom is -0.492 e. The van der Waals surface area contributed by atoms with E-state index in [0.717, 1.165) is 5.56 Å². The Bertz CT molecular complexity index is 350. The van der Waals surface area contributed by atoms with Gasteiger partial charge >= 0.3 is 5.97 Å². The maximum absolute atomic E-state index is 11.4. The Balaban J connectivity index is 2.95. The predicted molar refractivity (Wildman–Crippen MR) is 57.1 cm³/mol. The zero-order valence-corrected chi connectivity index (χ0v) is 8.95. The van der Waals surface area contributed by atoms with E-state index >= 15 is 0 Å². The smallest absolute Gasteiger partial charge is 0.338 e. The Morgan fingerprint density at radius 1 is 1.47 bits per heavy atom. The van der Waals surface area contributed by atoms with E-state index in [4.69, 9.17) is 10.5 Å². The molecule has 0 radical (unpaired) electrons. The summed E-state index contributed by atoms with van der Waals surface area (Å²) in [6, 6.07) is 5.26. The topological polar surface area (TPSA) is 61.5 Å². The monoisotopic (exact) mass is 209 g/mol. The van der Waals surface area contributed by atoms with Crippen molar-refractivity contribution in [1.29, 1.82) is 0 Å². The van der Waals surface area contributed by atoms with Crippen LogP contribution in [0, 0.1) is 6.92 Å². The summed E-state index contributed by atoms with van der Waals surface area (Å²) in [5.41, 5.74) is 6.63. The van der Waals surface area contributed by atoms with Gasteiger partial charge in [0.15, 0.2) is 0 Å². The Morgan fingerprint density at radius 2 is 2.20 bits per heavy atom. The maximum atomic E-state index is 11.4. The van der Waals surface area contributed by atoms with Crippen LogP contribution in [0.5, 0.6) is 5.75 Å². The van der Waals surface area contributed by atoms with Crippen LogP contribution in [-0.4, -0.2) is 26.2 Å². The zero-order valence-electron chi connectivity index (χ0n) is 8.95. The molecule has 0 fully saturated rings. The molecule has 2 N–H and O–H groups in total. The number of hydrogen-bond acceptors (Lipinski definition) is 4. The van der Waals surface area contributed by atoms with Gasteiger partial charge in [-0.25, -0.2) is 4.79 Å². The van der Waals surface area contributed by atoms with Gasteiger partial charge in [-0.3, -0.25) is 0 Å². The van der Waals surface area contributed by atoms with Crippen molar-refractivity contribution in [3.05, 3.63) is 29.3 Å². The number of nitrogens with two attached hydrogens (primary N) is 1. The van der Waals surface area contributed by atoms with E-state index in [9.17, 15) is 4.79 Å². The molecule has 1 aromatic rings. The third-order valence-electron chi connectivity index (χ3n) is 2.06. The summed E-state index contributed by atoms with van der Waals surface area (Å²) < 4.78 is 10.0. The van der Waals surface area contributed by atoms with Gasteiger partial charge < -0.3 is 15.2 Å². The standard InChI is InChI=1S/C11H15NO3/c1-8-9(11(13)14-2)4-3-5-10(8)15-7-6-12/h3-5H,6-7,12H2,1-2H3. The summed E-state index contributed by atoms with van der Waals surface area (Å²) in [5, 5.41) is 0. The molecule has 4 heteroatoms. The molecule has 15 heavy (non-hydrogen) atoms. The lowest BCUT2D eigenvalue weighted by atomic mass is 10.1. The number of esters is 1. The first-order valence-corrected chi connectivity index (χ1v) is 4.71. The summed E-state index contributed by atoms with van der Waals surface area (Å²) in [6.07, 6.45) is 0. The molecule has 0 spiro atoms. The third-order valence-corrected chi connectivity index (χ3v) is 2.06. The number of methoxy groups -OCH3 is 1. The molecule has 0 aliphatic carbocycles. The van der Waals surface area contributed by atoms with Gasteiger partial charge in [0.25, 0.3) is 0 Å². The molecule has 0 saturated carbocycles. The quantitative estimate of drug-likeness (QED) is 0.755. The molecule has 4 nitrogen and oxygen atoms in total. The van der Waals surface area contributed by atoms with Crippen LogP contribution in [0.3, 0.4) is 0 Å². The van der Waals surface area contributed by atoms with Crippen molar-refractivity contribution in [3.8, 4) is 5.75 Å². The van der Waals surface area contributed by atoms with Gasteiger partial charge in [0, 0.05) is 12.1 Å². The Labute approximate surface area is 89.0 Å². The lowest BCUT2D eigenvalue weighted by molar-refractivity contribution is 0.0599. The number of rotatable bonds is 4. The van der Waals surface area contributed by atoms with Gasteiger partial charge in [0.1, 0.15) is 12.4 Å². The maximum Gasteiger partial charge on any atom is 0.338 e. The highest BCUT2D eigenvalue weighted by molar-refractivity contribution is 5.91. The van der Waals surface area contributed by atoms with Crippen LogP contribution in [0.25, 0.3) is 0 Å². The second-order valence-corrected chi connectivity index (χ2v) is 3.06. The summed E-state index contributed by atoms with van der Waals surface area (Å²) in [5.74, 6) is 0.314. The molecule has 1 aromatic carbocycles. The molecular formula is C11H15NO3. The van der Waals surface area contributed by atoms with Crippen molar-refractivity contribution >= 4 is 5.97 Å². The van der Waals surface area contributed by atoms with Crippen molar-refractivity contribution in [2.75, 3.05) is 20.3 Å². The van der Waals surface area contributed by atoms with E-state index in [1.807, 2.05) is 6.92 Å². The van der Waals surface area contributed by atoms with Crippen molar-refractivity contribution in [3.63, 3.8) is 0 Å². The minimum absolute atomic E-state index is 0.356. The molecule has 0 amide bonds. The van der Waals surface area contributed by atoms with Gasteiger partial charge in [-0.15, -0.1) is 0 Å². The number of hydrogen-bond donors (Lipinski definition) is 1. The van der Waals surface area contributed by atoms with Gasteiger partial charge in [-0.2, -0.15) is 0 Å². The highest BCUT2D eigenvalue weighted by Crippen LogP contribution is 2.21. The lowest BCUT2D eigenvalue weighted by Crippen LogP contribution is -2.12. The van der Waals surface area contributed by atoms with Crippen molar-refractivity contribution in [2.45, 2.75) is 6.92 Å². The zero-order chi connectivity index (χ0) is 11.3. The van der Waals surface area contributed by atoms with Crippen LogP contribution in [0.1, 0.15) is 15.9 Å². The average molecular weight is 209 g/mol. The van der Waals surface area contributed by atoms with Crippen LogP contribution in [0.4, 0.5) is 0 Å². The first-order valence-electron chi connectivity index (χ1n) is 4.71. The van der Waals surface area contributed by atoms with Crippen LogP contribution in [0.15, 0.2) is 18.2 Å². The van der Waals surface area contributed by atoms with Crippen LogP contribution < -0.4 is 10.5 Å². The van der Waals surface area contributed by atoms with E-state index in [0.29, 0.717) is 24.5 Å². The summed E-state index contributed by atoms with van der Waals surface area (Å²) in [6.45, 7) is 2.70. The Morgan fingerprint density at radius 3 is 2.80 bits per heavy atom. The van der Waals surface area contributed by atoms with Gasteiger partial charge in [0.05, 0.1) is 12.7 Å². The molecular weight excluding hydrogens is 194 g/mol. The van der Waals surface area contributed by atoms with Crippen molar-refractivity contribution in [2.24, 2.45) is 5.73 Å². The van der Waals surface area contributed by atoms with Gasteiger partial charge in [0.2, 0.25) is 0 Å². The summed E-state index contributed by atoms with van der Waals surface area (Å²) >= 11 is 0. The fourth-order valence-electron chi connectivity index (χ4n) is 1.27. The van der Waals surface area contributed by atoms with E-state index in [1.54, 1.807) is 18.2 Å². The predicted octanol–water partition coefficient (Wildman–Crippen LogP) is 1.12. The van der Waals surface area contributed by atoms with Crippen LogP contribution in [-0.2, 0) is 4.74 Å². The SMILES string of the molecule is COC(=O)c1cccc(OCCN)c1C. The molecule has 0 aromatic heterocycles. The van der Waals surface area contributed by atoms with Crippen LogP contribution in [0.2, 0.25) is 0 Å². The van der Waals surface area contributed by atoms with Gasteiger partial charge in [-0.1, -0.05) is 6.07 Å². The molecule has 0 atom stereocenters. The number of benzene rings is 1. The highest BCUT2D eigenvalue weighted by atomic mass is 16.5.